The number of ether oxygens (including phenoxy) is 1. The van der Waals surface area contributed by atoms with E-state index in [9.17, 15) is 0 Å². The number of hydrogen-bond acceptors (Lipinski definition) is 2. The Bertz CT molecular complexity index is 608. The van der Waals surface area contributed by atoms with Gasteiger partial charge in [-0.1, -0.05) is 22.9 Å². The summed E-state index contributed by atoms with van der Waals surface area (Å²) in [5.41, 5.74) is 3.34. The molecule has 0 fully saturated rings. The van der Waals surface area contributed by atoms with E-state index in [-0.39, 0.29) is 0 Å². The van der Waals surface area contributed by atoms with E-state index in [1.165, 1.54) is 5.56 Å². The van der Waals surface area contributed by atoms with Crippen molar-refractivity contribution in [1.82, 2.24) is 9.78 Å². The van der Waals surface area contributed by atoms with Crippen LogP contribution in [0.15, 0.2) is 27.1 Å². The first-order chi connectivity index (χ1) is 9.56. The fourth-order valence-electron chi connectivity index (χ4n) is 2.01. The fraction of sp³-hybridized carbons (Fsp3) is 0.400. The van der Waals surface area contributed by atoms with Crippen molar-refractivity contribution in [2.24, 2.45) is 0 Å². The molecule has 1 aromatic carbocycles. The fourth-order valence-corrected chi connectivity index (χ4v) is 2.94. The lowest BCUT2D eigenvalue weighted by molar-refractivity contribution is 0.291. The van der Waals surface area contributed by atoms with E-state index < -0.39 is 0 Å². The van der Waals surface area contributed by atoms with Crippen LogP contribution in [0.1, 0.15) is 30.8 Å². The molecule has 0 aliphatic rings. The third-order valence-electron chi connectivity index (χ3n) is 3.20. The molecule has 0 unspecified atom stereocenters. The Morgan fingerprint density at radius 2 is 2.00 bits per heavy atom. The molecular formula is C15H18Br2N2O. The molecule has 1 aromatic heterocycles. The van der Waals surface area contributed by atoms with Crippen molar-refractivity contribution in [3.05, 3.63) is 44.1 Å². The first-order valence-electron chi connectivity index (χ1n) is 6.69. The molecular weight excluding hydrogens is 384 g/mol. The van der Waals surface area contributed by atoms with E-state index in [1.807, 2.05) is 22.9 Å². The molecule has 2 aromatic rings. The number of aromatic nitrogens is 2. The summed E-state index contributed by atoms with van der Waals surface area (Å²) >= 11 is 7.13. The second kappa shape index (κ2) is 6.76. The number of nitrogens with zero attached hydrogens (tertiary/aromatic N) is 2. The summed E-state index contributed by atoms with van der Waals surface area (Å²) in [5, 5.41) is 4.57. The minimum absolute atomic E-state index is 0.516. The van der Waals surface area contributed by atoms with Gasteiger partial charge in [0.15, 0.2) is 0 Å². The molecule has 0 saturated heterocycles. The molecule has 0 aliphatic carbocycles. The molecule has 1 heterocycles. The topological polar surface area (TPSA) is 27.1 Å². The van der Waals surface area contributed by atoms with E-state index in [2.05, 4.69) is 57.7 Å². The van der Waals surface area contributed by atoms with Gasteiger partial charge in [-0.3, -0.25) is 4.68 Å². The lowest BCUT2D eigenvalue weighted by Crippen LogP contribution is -2.06. The van der Waals surface area contributed by atoms with Crippen molar-refractivity contribution >= 4 is 31.9 Å². The van der Waals surface area contributed by atoms with Gasteiger partial charge in [0.1, 0.15) is 12.4 Å². The summed E-state index contributed by atoms with van der Waals surface area (Å²) in [7, 11) is 0. The molecule has 3 nitrogen and oxygen atoms in total. The zero-order valence-corrected chi connectivity index (χ0v) is 15.1. The molecule has 5 heteroatoms. The maximum Gasteiger partial charge on any atom is 0.131 e. The van der Waals surface area contributed by atoms with Crippen LogP contribution in [0.2, 0.25) is 0 Å². The minimum atomic E-state index is 0.516. The number of halogens is 2. The van der Waals surface area contributed by atoms with Crippen LogP contribution in [0.4, 0.5) is 0 Å². The second-order valence-electron chi connectivity index (χ2n) is 4.58. The standard InChI is InChI=1S/C15H18Br2N2O/c1-4-13-15(17)14(19(5-2)18-13)9-20-11-6-7-12(16)10(3)8-11/h6-8H,4-5,9H2,1-3H3. The van der Waals surface area contributed by atoms with Crippen molar-refractivity contribution < 1.29 is 4.74 Å². The van der Waals surface area contributed by atoms with Crippen molar-refractivity contribution in [3.8, 4) is 5.75 Å². The van der Waals surface area contributed by atoms with Crippen LogP contribution in [-0.2, 0) is 19.6 Å². The summed E-state index contributed by atoms with van der Waals surface area (Å²) in [6, 6.07) is 6.01. The van der Waals surface area contributed by atoms with Gasteiger partial charge in [-0.05, 0) is 60.0 Å². The van der Waals surface area contributed by atoms with E-state index in [0.29, 0.717) is 6.61 Å². The highest BCUT2D eigenvalue weighted by Crippen LogP contribution is 2.26. The predicted octanol–water partition coefficient (Wildman–Crippen LogP) is 4.88. The van der Waals surface area contributed by atoms with Crippen LogP contribution in [-0.4, -0.2) is 9.78 Å². The zero-order chi connectivity index (χ0) is 14.7. The Morgan fingerprint density at radius 3 is 2.60 bits per heavy atom. The van der Waals surface area contributed by atoms with Gasteiger partial charge in [-0.25, -0.2) is 0 Å². The Hall–Kier alpha value is -0.810. The Morgan fingerprint density at radius 1 is 1.25 bits per heavy atom. The minimum Gasteiger partial charge on any atom is -0.487 e. The van der Waals surface area contributed by atoms with Gasteiger partial charge < -0.3 is 4.74 Å². The molecule has 0 saturated carbocycles. The smallest absolute Gasteiger partial charge is 0.131 e. The molecule has 108 valence electrons. The van der Waals surface area contributed by atoms with Crippen molar-refractivity contribution in [1.29, 1.82) is 0 Å². The average molecular weight is 402 g/mol. The Kier molecular flexibility index (Phi) is 5.27. The Labute approximate surface area is 136 Å². The maximum atomic E-state index is 5.90. The molecule has 2 rings (SSSR count). The summed E-state index contributed by atoms with van der Waals surface area (Å²) in [6.45, 7) is 7.61. The van der Waals surface area contributed by atoms with E-state index in [0.717, 1.165) is 39.0 Å². The summed E-state index contributed by atoms with van der Waals surface area (Å²) in [5.74, 6) is 0.875. The van der Waals surface area contributed by atoms with Gasteiger partial charge >= 0.3 is 0 Å². The first-order valence-corrected chi connectivity index (χ1v) is 8.28. The van der Waals surface area contributed by atoms with E-state index in [4.69, 9.17) is 4.74 Å². The van der Waals surface area contributed by atoms with E-state index >= 15 is 0 Å². The average Bonchev–Trinajstić information content (AvgIpc) is 2.76. The third kappa shape index (κ3) is 3.26. The lowest BCUT2D eigenvalue weighted by Gasteiger charge is -2.09. The normalized spacial score (nSPS) is 10.8. The Balaban J connectivity index is 2.17. The van der Waals surface area contributed by atoms with Gasteiger partial charge in [0.2, 0.25) is 0 Å². The highest BCUT2D eigenvalue weighted by atomic mass is 79.9. The molecule has 0 aliphatic heterocycles. The molecule has 0 atom stereocenters. The number of hydrogen-bond donors (Lipinski definition) is 0. The molecule has 0 N–H and O–H groups in total. The summed E-state index contributed by atoms with van der Waals surface area (Å²) in [4.78, 5) is 0. The SMILES string of the molecule is CCc1nn(CC)c(COc2ccc(Br)c(C)c2)c1Br. The zero-order valence-electron chi connectivity index (χ0n) is 11.9. The number of rotatable bonds is 5. The highest BCUT2D eigenvalue weighted by Gasteiger charge is 2.14. The first kappa shape index (κ1) is 15.6. The monoisotopic (exact) mass is 400 g/mol. The molecule has 0 radical (unpaired) electrons. The number of benzene rings is 1. The van der Waals surface area contributed by atoms with Crippen LogP contribution >= 0.6 is 31.9 Å². The summed E-state index contributed by atoms with van der Waals surface area (Å²) in [6.07, 6.45) is 0.915. The highest BCUT2D eigenvalue weighted by molar-refractivity contribution is 9.10. The third-order valence-corrected chi connectivity index (χ3v) is 5.00. The molecule has 0 bridgehead atoms. The van der Waals surface area contributed by atoms with Gasteiger partial charge in [0.25, 0.3) is 0 Å². The second-order valence-corrected chi connectivity index (χ2v) is 6.22. The van der Waals surface area contributed by atoms with Crippen LogP contribution in [0, 0.1) is 6.92 Å². The van der Waals surface area contributed by atoms with Crippen LogP contribution in [0.3, 0.4) is 0 Å². The number of aryl methyl sites for hydroxylation is 3. The predicted molar refractivity (Wildman–Crippen MR) is 88.2 cm³/mol. The van der Waals surface area contributed by atoms with Crippen molar-refractivity contribution in [2.45, 2.75) is 40.3 Å². The van der Waals surface area contributed by atoms with Crippen molar-refractivity contribution in [2.75, 3.05) is 0 Å². The van der Waals surface area contributed by atoms with Gasteiger partial charge in [0.05, 0.1) is 15.9 Å². The summed E-state index contributed by atoms with van der Waals surface area (Å²) < 4.78 is 10.1. The maximum absolute atomic E-state index is 5.90. The molecule has 0 amide bonds. The van der Waals surface area contributed by atoms with Gasteiger partial charge in [0, 0.05) is 11.0 Å². The van der Waals surface area contributed by atoms with Crippen LogP contribution in [0.5, 0.6) is 5.75 Å². The van der Waals surface area contributed by atoms with Gasteiger partial charge in [-0.15, -0.1) is 0 Å². The largest absolute Gasteiger partial charge is 0.487 e. The van der Waals surface area contributed by atoms with Crippen LogP contribution in [0.25, 0.3) is 0 Å². The van der Waals surface area contributed by atoms with Gasteiger partial charge in [-0.2, -0.15) is 5.10 Å². The lowest BCUT2D eigenvalue weighted by atomic mass is 10.2. The molecule has 0 spiro atoms. The van der Waals surface area contributed by atoms with E-state index in [1.54, 1.807) is 0 Å². The van der Waals surface area contributed by atoms with Crippen molar-refractivity contribution in [3.63, 3.8) is 0 Å². The quantitative estimate of drug-likeness (QED) is 0.713. The van der Waals surface area contributed by atoms with Crippen LogP contribution < -0.4 is 4.74 Å². The molecule has 20 heavy (non-hydrogen) atoms.